The molecule has 4 heteroatoms. The monoisotopic (exact) mass is 291 g/mol. The Kier molecular flexibility index (Phi) is 4.31. The van der Waals surface area contributed by atoms with Crippen molar-refractivity contribution >= 4 is 0 Å². The lowest BCUT2D eigenvalue weighted by molar-refractivity contribution is -0.0932. The summed E-state index contributed by atoms with van der Waals surface area (Å²) < 4.78 is 11.5. The highest BCUT2D eigenvalue weighted by atomic mass is 16.6. The molecule has 2 heterocycles. The average molecular weight is 291 g/mol. The summed E-state index contributed by atoms with van der Waals surface area (Å²) in [6.07, 6.45) is 2.91. The summed E-state index contributed by atoms with van der Waals surface area (Å²) in [5.41, 5.74) is 0.600. The minimum atomic E-state index is -0.413. The number of benzene rings is 1. The average Bonchev–Trinajstić information content (AvgIpc) is 2.96. The lowest BCUT2D eigenvalue weighted by Crippen LogP contribution is -2.54. The smallest absolute Gasteiger partial charge is 0.0951 e. The summed E-state index contributed by atoms with van der Waals surface area (Å²) in [5.74, 6) is 0. The first-order valence-electron chi connectivity index (χ1n) is 7.82. The third-order valence-electron chi connectivity index (χ3n) is 4.81. The van der Waals surface area contributed by atoms with E-state index in [1.54, 1.807) is 0 Å². The van der Waals surface area contributed by atoms with Gasteiger partial charge >= 0.3 is 0 Å². The number of hydrogen-bond acceptors (Lipinski definition) is 4. The molecule has 2 fully saturated rings. The van der Waals surface area contributed by atoms with E-state index in [0.29, 0.717) is 12.6 Å². The van der Waals surface area contributed by atoms with Gasteiger partial charge in [0, 0.05) is 25.7 Å². The summed E-state index contributed by atoms with van der Waals surface area (Å²) in [5, 5.41) is 13.6. The zero-order valence-corrected chi connectivity index (χ0v) is 12.7. The Morgan fingerprint density at radius 1 is 1.33 bits per heavy atom. The van der Waals surface area contributed by atoms with Crippen LogP contribution in [0.4, 0.5) is 0 Å². The van der Waals surface area contributed by atoms with Crippen molar-refractivity contribution in [3.8, 4) is 0 Å². The minimum Gasteiger partial charge on any atom is -0.394 e. The first-order valence-corrected chi connectivity index (χ1v) is 7.82. The van der Waals surface area contributed by atoms with Crippen LogP contribution in [0.15, 0.2) is 30.3 Å². The number of ether oxygens (including phenoxy) is 2. The van der Waals surface area contributed by atoms with Gasteiger partial charge in [0.05, 0.1) is 24.4 Å². The molecule has 0 aromatic heterocycles. The van der Waals surface area contributed by atoms with Crippen LogP contribution in [-0.2, 0) is 15.0 Å². The van der Waals surface area contributed by atoms with Crippen LogP contribution in [0.25, 0.3) is 0 Å². The van der Waals surface area contributed by atoms with E-state index >= 15 is 0 Å². The number of nitrogens with one attached hydrogen (secondary N) is 1. The van der Waals surface area contributed by atoms with Crippen molar-refractivity contribution in [3.63, 3.8) is 0 Å². The van der Waals surface area contributed by atoms with Crippen molar-refractivity contribution in [2.45, 2.75) is 43.4 Å². The fourth-order valence-electron chi connectivity index (χ4n) is 3.49. The van der Waals surface area contributed by atoms with Crippen LogP contribution >= 0.6 is 0 Å². The second kappa shape index (κ2) is 6.05. The number of aliphatic hydroxyl groups is 1. The first-order chi connectivity index (χ1) is 10.2. The molecule has 0 amide bonds. The first kappa shape index (κ1) is 15.0. The van der Waals surface area contributed by atoms with Gasteiger partial charge in [0.2, 0.25) is 0 Å². The Bertz CT molecular complexity index is 458. The second-order valence-corrected chi connectivity index (χ2v) is 6.52. The maximum absolute atomic E-state index is 9.91. The number of aliphatic hydroxyl groups excluding tert-OH is 1. The van der Waals surface area contributed by atoms with Crippen molar-refractivity contribution in [1.82, 2.24) is 5.32 Å². The molecule has 0 radical (unpaired) electrons. The van der Waals surface area contributed by atoms with Gasteiger partial charge in [-0.15, -0.1) is 0 Å². The summed E-state index contributed by atoms with van der Waals surface area (Å²) in [4.78, 5) is 0. The normalized spacial score (nSPS) is 32.2. The Hall–Kier alpha value is -0.940. The van der Waals surface area contributed by atoms with E-state index in [4.69, 9.17) is 9.47 Å². The van der Waals surface area contributed by atoms with E-state index in [1.807, 2.05) is 18.2 Å². The lowest BCUT2D eigenvalue weighted by Gasteiger charge is -2.42. The van der Waals surface area contributed by atoms with Crippen LogP contribution in [0.2, 0.25) is 0 Å². The maximum Gasteiger partial charge on any atom is 0.0951 e. The largest absolute Gasteiger partial charge is 0.394 e. The fraction of sp³-hybridized carbons (Fsp3) is 0.647. The Morgan fingerprint density at radius 3 is 2.81 bits per heavy atom. The second-order valence-electron chi connectivity index (χ2n) is 6.52. The van der Waals surface area contributed by atoms with Gasteiger partial charge in [0.1, 0.15) is 0 Å². The molecule has 2 saturated heterocycles. The topological polar surface area (TPSA) is 50.7 Å². The van der Waals surface area contributed by atoms with Crippen LogP contribution in [0.1, 0.15) is 31.7 Å². The van der Waals surface area contributed by atoms with E-state index in [-0.39, 0.29) is 12.2 Å². The zero-order chi connectivity index (χ0) is 14.8. The molecule has 2 aliphatic heterocycles. The molecule has 1 aromatic carbocycles. The third kappa shape index (κ3) is 3.14. The number of hydrogen-bond donors (Lipinski definition) is 2. The molecule has 0 saturated carbocycles. The molecule has 116 valence electrons. The molecule has 0 aliphatic carbocycles. The summed E-state index contributed by atoms with van der Waals surface area (Å²) in [6.45, 7) is 4.40. The van der Waals surface area contributed by atoms with Gasteiger partial charge in [-0.3, -0.25) is 0 Å². The highest BCUT2D eigenvalue weighted by Gasteiger charge is 2.42. The van der Waals surface area contributed by atoms with E-state index in [9.17, 15) is 5.11 Å². The molecule has 2 aliphatic rings. The van der Waals surface area contributed by atoms with Crippen molar-refractivity contribution in [3.05, 3.63) is 35.9 Å². The molecular formula is C17H25NO3. The minimum absolute atomic E-state index is 0.0812. The Morgan fingerprint density at radius 2 is 2.14 bits per heavy atom. The van der Waals surface area contributed by atoms with Gasteiger partial charge in [-0.25, -0.2) is 0 Å². The molecule has 3 rings (SSSR count). The molecule has 4 nitrogen and oxygen atoms in total. The SMILES string of the molecule is CC(CO)(NC1CCOC2(CCOC2)C1)c1ccccc1. The van der Waals surface area contributed by atoms with Crippen molar-refractivity contribution in [2.24, 2.45) is 0 Å². The number of rotatable bonds is 4. The van der Waals surface area contributed by atoms with Gasteiger partial charge in [-0.2, -0.15) is 0 Å². The third-order valence-corrected chi connectivity index (χ3v) is 4.81. The van der Waals surface area contributed by atoms with Crippen LogP contribution in [0, 0.1) is 0 Å². The van der Waals surface area contributed by atoms with E-state index < -0.39 is 5.54 Å². The van der Waals surface area contributed by atoms with Crippen LogP contribution in [0.3, 0.4) is 0 Å². The van der Waals surface area contributed by atoms with Crippen molar-refractivity contribution in [2.75, 3.05) is 26.4 Å². The van der Waals surface area contributed by atoms with Gasteiger partial charge in [0.25, 0.3) is 0 Å². The zero-order valence-electron chi connectivity index (χ0n) is 12.7. The molecule has 21 heavy (non-hydrogen) atoms. The van der Waals surface area contributed by atoms with Crippen LogP contribution in [0.5, 0.6) is 0 Å². The Labute approximate surface area is 126 Å². The van der Waals surface area contributed by atoms with E-state index in [2.05, 4.69) is 24.4 Å². The molecular weight excluding hydrogens is 266 g/mol. The molecule has 3 atom stereocenters. The molecule has 1 spiro atoms. The van der Waals surface area contributed by atoms with Crippen LogP contribution < -0.4 is 5.32 Å². The van der Waals surface area contributed by atoms with Gasteiger partial charge in [-0.1, -0.05) is 30.3 Å². The van der Waals surface area contributed by atoms with Gasteiger partial charge in [-0.05, 0) is 25.3 Å². The molecule has 3 unspecified atom stereocenters. The fourth-order valence-corrected chi connectivity index (χ4v) is 3.49. The highest BCUT2D eigenvalue weighted by Crippen LogP contribution is 2.34. The predicted octanol–water partition coefficient (Wildman–Crippen LogP) is 1.82. The van der Waals surface area contributed by atoms with Crippen molar-refractivity contribution in [1.29, 1.82) is 0 Å². The predicted molar refractivity (Wildman–Crippen MR) is 81.2 cm³/mol. The van der Waals surface area contributed by atoms with Crippen molar-refractivity contribution < 1.29 is 14.6 Å². The summed E-state index contributed by atoms with van der Waals surface area (Å²) in [6, 6.07) is 10.5. The summed E-state index contributed by atoms with van der Waals surface area (Å²) >= 11 is 0. The highest BCUT2D eigenvalue weighted by molar-refractivity contribution is 5.24. The standard InChI is InChI=1S/C17H25NO3/c1-16(12-19,14-5-3-2-4-6-14)18-15-7-9-21-17(11-15)8-10-20-13-17/h2-6,15,18-19H,7-13H2,1H3. The molecule has 1 aromatic rings. The quantitative estimate of drug-likeness (QED) is 0.888. The molecule has 0 bridgehead atoms. The molecule has 2 N–H and O–H groups in total. The summed E-state index contributed by atoms with van der Waals surface area (Å²) in [7, 11) is 0. The van der Waals surface area contributed by atoms with Crippen LogP contribution in [-0.4, -0.2) is 43.2 Å². The van der Waals surface area contributed by atoms with E-state index in [0.717, 1.165) is 38.0 Å². The Balaban J connectivity index is 1.72. The van der Waals surface area contributed by atoms with Gasteiger partial charge < -0.3 is 19.9 Å². The van der Waals surface area contributed by atoms with E-state index in [1.165, 1.54) is 0 Å². The maximum atomic E-state index is 9.91. The van der Waals surface area contributed by atoms with Gasteiger partial charge in [0.15, 0.2) is 0 Å². The lowest BCUT2D eigenvalue weighted by atomic mass is 9.86.